The molecule has 0 fully saturated rings. The minimum atomic E-state index is 0.636. The first kappa shape index (κ1) is 32.2. The molecular formula is C51H34N4. The van der Waals surface area contributed by atoms with E-state index in [1.165, 1.54) is 38.5 Å². The maximum atomic E-state index is 5.01. The lowest BCUT2D eigenvalue weighted by Crippen LogP contribution is -2.00. The predicted molar refractivity (Wildman–Crippen MR) is 227 cm³/mol. The third-order valence-corrected chi connectivity index (χ3v) is 10.3. The summed E-state index contributed by atoms with van der Waals surface area (Å²) in [7, 11) is 0. The zero-order valence-electron chi connectivity index (χ0n) is 29.9. The first-order valence-electron chi connectivity index (χ1n) is 18.5. The maximum absolute atomic E-state index is 5.01. The summed E-state index contributed by atoms with van der Waals surface area (Å²) in [5, 5.41) is 2.48. The van der Waals surface area contributed by atoms with Crippen LogP contribution in [0.2, 0.25) is 0 Å². The van der Waals surface area contributed by atoms with Crippen molar-refractivity contribution in [2.24, 2.45) is 0 Å². The standard InChI is InChI=1S/C51H34N4/c1-4-13-35(14-5-1)37-23-27-40(28-24-37)50-52-49(39-17-8-3-9-18-39)53-51(54-50)41-29-25-38(26-30-41)42-19-12-20-44(33-42)55-47-22-11-10-21-45(47)46-34-43(31-32-48(46)55)36-15-6-2-7-16-36/h1-34H. The van der Waals surface area contributed by atoms with E-state index in [1.54, 1.807) is 0 Å². The highest BCUT2D eigenvalue weighted by molar-refractivity contribution is 6.10. The number of para-hydroxylation sites is 1. The number of benzene rings is 8. The lowest BCUT2D eigenvalue weighted by atomic mass is 10.0. The minimum Gasteiger partial charge on any atom is -0.309 e. The van der Waals surface area contributed by atoms with Gasteiger partial charge in [-0.15, -0.1) is 0 Å². The zero-order valence-corrected chi connectivity index (χ0v) is 29.9. The van der Waals surface area contributed by atoms with Gasteiger partial charge in [0.1, 0.15) is 0 Å². The molecule has 0 spiro atoms. The number of aromatic nitrogens is 4. The van der Waals surface area contributed by atoms with Crippen LogP contribution in [0.5, 0.6) is 0 Å². The molecule has 2 heterocycles. The van der Waals surface area contributed by atoms with E-state index in [0.717, 1.165) is 39.1 Å². The molecule has 0 aliphatic rings. The SMILES string of the molecule is c1ccc(-c2ccc(-c3nc(-c4ccccc4)nc(-c4ccc(-c5cccc(-n6c7ccccc7c7cc(-c8ccccc8)ccc76)c5)cc4)n3)cc2)cc1. The van der Waals surface area contributed by atoms with Gasteiger partial charge in [-0.05, 0) is 63.7 Å². The molecule has 258 valence electrons. The van der Waals surface area contributed by atoms with Crippen LogP contribution in [0.4, 0.5) is 0 Å². The summed E-state index contributed by atoms with van der Waals surface area (Å²) < 4.78 is 2.38. The van der Waals surface area contributed by atoms with E-state index in [9.17, 15) is 0 Å². The van der Waals surface area contributed by atoms with Gasteiger partial charge in [0, 0.05) is 33.2 Å². The quantitative estimate of drug-likeness (QED) is 0.166. The monoisotopic (exact) mass is 702 g/mol. The van der Waals surface area contributed by atoms with Gasteiger partial charge in [0.15, 0.2) is 17.5 Å². The van der Waals surface area contributed by atoms with Crippen molar-refractivity contribution in [1.29, 1.82) is 0 Å². The molecule has 0 saturated carbocycles. The van der Waals surface area contributed by atoms with Crippen molar-refractivity contribution in [1.82, 2.24) is 19.5 Å². The normalized spacial score (nSPS) is 11.3. The first-order chi connectivity index (χ1) is 27.2. The van der Waals surface area contributed by atoms with E-state index >= 15 is 0 Å². The van der Waals surface area contributed by atoms with Crippen LogP contribution in [0.1, 0.15) is 0 Å². The van der Waals surface area contributed by atoms with Crippen molar-refractivity contribution < 1.29 is 0 Å². The number of hydrogen-bond donors (Lipinski definition) is 0. The molecule has 2 aromatic heterocycles. The van der Waals surface area contributed by atoms with Gasteiger partial charge in [-0.3, -0.25) is 0 Å². The van der Waals surface area contributed by atoms with Crippen molar-refractivity contribution >= 4 is 21.8 Å². The van der Waals surface area contributed by atoms with Crippen molar-refractivity contribution in [3.8, 4) is 73.2 Å². The molecule has 0 aliphatic heterocycles. The molecule has 10 aromatic rings. The van der Waals surface area contributed by atoms with E-state index in [0.29, 0.717) is 17.5 Å². The second kappa shape index (κ2) is 13.8. The van der Waals surface area contributed by atoms with Gasteiger partial charge in [0.25, 0.3) is 0 Å². The number of nitrogens with zero attached hydrogens (tertiary/aromatic N) is 4. The van der Waals surface area contributed by atoms with E-state index in [-0.39, 0.29) is 0 Å². The Labute approximate surface area is 319 Å². The molecule has 4 heteroatoms. The second-order valence-corrected chi connectivity index (χ2v) is 13.7. The van der Waals surface area contributed by atoms with Crippen LogP contribution in [-0.4, -0.2) is 19.5 Å². The molecule has 4 nitrogen and oxygen atoms in total. The Morgan fingerprint density at radius 3 is 1.24 bits per heavy atom. The summed E-state index contributed by atoms with van der Waals surface area (Å²) in [4.78, 5) is 14.9. The molecule has 8 aromatic carbocycles. The highest BCUT2D eigenvalue weighted by Crippen LogP contribution is 2.36. The minimum absolute atomic E-state index is 0.636. The number of rotatable bonds is 7. The van der Waals surface area contributed by atoms with Gasteiger partial charge in [-0.25, -0.2) is 15.0 Å². The number of hydrogen-bond acceptors (Lipinski definition) is 3. The summed E-state index contributed by atoms with van der Waals surface area (Å²) in [5.41, 5.74) is 13.3. The lowest BCUT2D eigenvalue weighted by Gasteiger charge is -2.12. The van der Waals surface area contributed by atoms with E-state index in [4.69, 9.17) is 15.0 Å². The molecule has 0 atom stereocenters. The molecule has 0 unspecified atom stereocenters. The number of fused-ring (bicyclic) bond motifs is 3. The van der Waals surface area contributed by atoms with Crippen molar-refractivity contribution in [3.63, 3.8) is 0 Å². The summed E-state index contributed by atoms with van der Waals surface area (Å²) in [6, 6.07) is 72.3. The molecule has 0 amide bonds. The van der Waals surface area contributed by atoms with Crippen LogP contribution < -0.4 is 0 Å². The van der Waals surface area contributed by atoms with Gasteiger partial charge in [0.2, 0.25) is 0 Å². The molecule has 0 aliphatic carbocycles. The molecule has 10 rings (SSSR count). The molecule has 0 N–H and O–H groups in total. The molecule has 55 heavy (non-hydrogen) atoms. The van der Waals surface area contributed by atoms with Gasteiger partial charge in [-0.2, -0.15) is 0 Å². The average Bonchev–Trinajstić information content (AvgIpc) is 3.61. The van der Waals surface area contributed by atoms with Crippen LogP contribution in [-0.2, 0) is 0 Å². The molecule has 0 bridgehead atoms. The highest BCUT2D eigenvalue weighted by atomic mass is 15.0. The predicted octanol–water partition coefficient (Wildman–Crippen LogP) is 13.0. The Hall–Kier alpha value is -7.43. The Morgan fingerprint density at radius 2 is 0.636 bits per heavy atom. The van der Waals surface area contributed by atoms with Crippen LogP contribution in [0.25, 0.3) is 95.0 Å². The fourth-order valence-electron chi connectivity index (χ4n) is 7.49. The molecule has 0 saturated heterocycles. The fraction of sp³-hybridized carbons (Fsp3) is 0. The van der Waals surface area contributed by atoms with Gasteiger partial charge in [0.05, 0.1) is 11.0 Å². The van der Waals surface area contributed by atoms with E-state index in [1.807, 2.05) is 36.4 Å². The van der Waals surface area contributed by atoms with Crippen molar-refractivity contribution in [3.05, 3.63) is 206 Å². The Bertz CT molecular complexity index is 2930. The van der Waals surface area contributed by atoms with Crippen LogP contribution in [0.15, 0.2) is 206 Å². The average molecular weight is 703 g/mol. The largest absolute Gasteiger partial charge is 0.309 e. The van der Waals surface area contributed by atoms with Gasteiger partial charge < -0.3 is 4.57 Å². The summed E-state index contributed by atoms with van der Waals surface area (Å²) in [6.07, 6.45) is 0. The van der Waals surface area contributed by atoms with E-state index in [2.05, 4.69) is 174 Å². The van der Waals surface area contributed by atoms with Gasteiger partial charge >= 0.3 is 0 Å². The lowest BCUT2D eigenvalue weighted by molar-refractivity contribution is 1.07. The smallest absolute Gasteiger partial charge is 0.164 e. The van der Waals surface area contributed by atoms with E-state index < -0.39 is 0 Å². The summed E-state index contributed by atoms with van der Waals surface area (Å²) in [5.74, 6) is 1.92. The van der Waals surface area contributed by atoms with Crippen LogP contribution in [0, 0.1) is 0 Å². The first-order valence-corrected chi connectivity index (χ1v) is 18.5. The Morgan fingerprint density at radius 1 is 0.255 bits per heavy atom. The van der Waals surface area contributed by atoms with Crippen LogP contribution in [0.3, 0.4) is 0 Å². The molecular weight excluding hydrogens is 669 g/mol. The summed E-state index contributed by atoms with van der Waals surface area (Å²) in [6.45, 7) is 0. The summed E-state index contributed by atoms with van der Waals surface area (Å²) >= 11 is 0. The van der Waals surface area contributed by atoms with Gasteiger partial charge in [-0.1, -0.05) is 176 Å². The Kier molecular flexibility index (Phi) is 8.12. The van der Waals surface area contributed by atoms with Crippen LogP contribution >= 0.6 is 0 Å². The highest BCUT2D eigenvalue weighted by Gasteiger charge is 2.15. The second-order valence-electron chi connectivity index (χ2n) is 13.7. The van der Waals surface area contributed by atoms with Crippen molar-refractivity contribution in [2.45, 2.75) is 0 Å². The fourth-order valence-corrected chi connectivity index (χ4v) is 7.49. The topological polar surface area (TPSA) is 43.6 Å². The maximum Gasteiger partial charge on any atom is 0.164 e. The third-order valence-electron chi connectivity index (χ3n) is 10.3. The Balaban J connectivity index is 1.01. The van der Waals surface area contributed by atoms with Crippen molar-refractivity contribution in [2.75, 3.05) is 0 Å². The zero-order chi connectivity index (χ0) is 36.6. The molecule has 0 radical (unpaired) electrons. The third kappa shape index (κ3) is 6.16.